The van der Waals surface area contributed by atoms with Gasteiger partial charge in [-0.05, 0) is 13.0 Å². The van der Waals surface area contributed by atoms with E-state index < -0.39 is 21.7 Å². The van der Waals surface area contributed by atoms with Gasteiger partial charge >= 0.3 is 16.8 Å². The van der Waals surface area contributed by atoms with Gasteiger partial charge in [0.2, 0.25) is 0 Å². The molecule has 0 aliphatic carbocycles. The summed E-state index contributed by atoms with van der Waals surface area (Å²) >= 11 is 11.6. The second-order valence-electron chi connectivity index (χ2n) is 3.68. The van der Waals surface area contributed by atoms with E-state index in [2.05, 4.69) is 4.98 Å². The van der Waals surface area contributed by atoms with Gasteiger partial charge in [0, 0.05) is 6.54 Å². The Labute approximate surface area is 115 Å². The third-order valence-corrected chi connectivity index (χ3v) is 3.42. The molecule has 0 saturated heterocycles. The van der Waals surface area contributed by atoms with Crippen LogP contribution in [0.2, 0.25) is 10.0 Å². The first kappa shape index (κ1) is 13.6. The molecule has 1 heterocycles. The second-order valence-corrected chi connectivity index (χ2v) is 4.46. The Kier molecular flexibility index (Phi) is 3.34. The van der Waals surface area contributed by atoms with E-state index >= 15 is 0 Å². The molecule has 0 fully saturated rings. The van der Waals surface area contributed by atoms with Gasteiger partial charge in [-0.15, -0.1) is 0 Å². The number of halogens is 2. The molecule has 19 heavy (non-hydrogen) atoms. The van der Waals surface area contributed by atoms with E-state index in [0.29, 0.717) is 0 Å². The lowest BCUT2D eigenvalue weighted by molar-refractivity contribution is -0.383. The molecule has 9 heteroatoms. The van der Waals surface area contributed by atoms with Gasteiger partial charge in [-0.2, -0.15) is 0 Å². The van der Waals surface area contributed by atoms with Gasteiger partial charge < -0.3 is 9.55 Å². The Morgan fingerprint density at radius 3 is 2.58 bits per heavy atom. The summed E-state index contributed by atoms with van der Waals surface area (Å²) in [5, 5.41) is 10.7. The molecule has 2 rings (SSSR count). The fourth-order valence-electron chi connectivity index (χ4n) is 1.82. The minimum absolute atomic E-state index is 0.0606. The highest BCUT2D eigenvalue weighted by molar-refractivity contribution is 6.44. The zero-order valence-corrected chi connectivity index (χ0v) is 11.1. The molecule has 2 aromatic rings. The molecule has 1 aromatic heterocycles. The van der Waals surface area contributed by atoms with Crippen molar-refractivity contribution in [3.05, 3.63) is 46.9 Å². The predicted octanol–water partition coefficient (Wildman–Crippen LogP) is 1.92. The molecule has 0 unspecified atom stereocenters. The number of aromatic amines is 1. The highest BCUT2D eigenvalue weighted by atomic mass is 35.5. The molecule has 0 aliphatic rings. The van der Waals surface area contributed by atoms with Crippen molar-refractivity contribution in [2.45, 2.75) is 13.5 Å². The summed E-state index contributed by atoms with van der Waals surface area (Å²) in [6.07, 6.45) is 0. The molecule has 0 saturated carbocycles. The third kappa shape index (κ3) is 2.00. The molecule has 1 aromatic carbocycles. The first-order valence-electron chi connectivity index (χ1n) is 5.17. The Bertz CT molecular complexity index is 809. The van der Waals surface area contributed by atoms with Crippen LogP contribution in [0.4, 0.5) is 5.69 Å². The highest BCUT2D eigenvalue weighted by Gasteiger charge is 2.24. The van der Waals surface area contributed by atoms with Crippen LogP contribution >= 0.6 is 23.2 Å². The average molecular weight is 304 g/mol. The van der Waals surface area contributed by atoms with Gasteiger partial charge in [0.25, 0.3) is 0 Å². The maximum atomic E-state index is 11.7. The number of fused-ring (bicyclic) bond motifs is 1. The summed E-state index contributed by atoms with van der Waals surface area (Å²) in [7, 11) is 0. The van der Waals surface area contributed by atoms with Crippen molar-refractivity contribution in [3.8, 4) is 0 Å². The van der Waals surface area contributed by atoms with Crippen LogP contribution in [0, 0.1) is 10.1 Å². The van der Waals surface area contributed by atoms with Crippen molar-refractivity contribution < 1.29 is 4.92 Å². The zero-order valence-electron chi connectivity index (χ0n) is 9.57. The van der Waals surface area contributed by atoms with Crippen LogP contribution in [0.15, 0.2) is 15.7 Å². The Balaban J connectivity index is 3.16. The summed E-state index contributed by atoms with van der Waals surface area (Å²) in [6.45, 7) is 1.81. The number of hydrogen-bond donors (Lipinski definition) is 1. The fraction of sp³-hybridized carbons (Fsp3) is 0.200. The summed E-state index contributed by atoms with van der Waals surface area (Å²) < 4.78 is 1.10. The normalized spacial score (nSPS) is 10.9. The van der Waals surface area contributed by atoms with Crippen molar-refractivity contribution in [2.24, 2.45) is 0 Å². The quantitative estimate of drug-likeness (QED) is 0.520. The van der Waals surface area contributed by atoms with Gasteiger partial charge in [-0.1, -0.05) is 23.2 Å². The van der Waals surface area contributed by atoms with Crippen LogP contribution in [-0.4, -0.2) is 14.5 Å². The van der Waals surface area contributed by atoms with Gasteiger partial charge in [0.1, 0.15) is 10.5 Å². The molecular weight excluding hydrogens is 297 g/mol. The number of aromatic nitrogens is 2. The van der Waals surface area contributed by atoms with E-state index in [0.717, 1.165) is 4.57 Å². The molecule has 0 aliphatic heterocycles. The molecule has 0 spiro atoms. The van der Waals surface area contributed by atoms with E-state index in [-0.39, 0.29) is 27.6 Å². The van der Waals surface area contributed by atoms with Crippen LogP contribution in [0.5, 0.6) is 0 Å². The maximum absolute atomic E-state index is 11.7. The lowest BCUT2D eigenvalue weighted by Gasteiger charge is -2.08. The van der Waals surface area contributed by atoms with Crippen LogP contribution in [0.1, 0.15) is 6.92 Å². The topological polar surface area (TPSA) is 98.0 Å². The lowest BCUT2D eigenvalue weighted by atomic mass is 10.2. The van der Waals surface area contributed by atoms with Crippen molar-refractivity contribution in [3.63, 3.8) is 0 Å². The van der Waals surface area contributed by atoms with Crippen LogP contribution in [0.25, 0.3) is 11.0 Å². The number of benzene rings is 1. The van der Waals surface area contributed by atoms with E-state index in [9.17, 15) is 19.7 Å². The number of hydrogen-bond acceptors (Lipinski definition) is 4. The summed E-state index contributed by atoms with van der Waals surface area (Å²) in [5.74, 6) is 0. The number of nitrogens with one attached hydrogen (secondary N) is 1. The average Bonchev–Trinajstić information content (AvgIpc) is 2.33. The molecule has 1 N–H and O–H groups in total. The maximum Gasteiger partial charge on any atom is 0.316 e. The van der Waals surface area contributed by atoms with Gasteiger partial charge in [-0.3, -0.25) is 19.7 Å². The Morgan fingerprint density at radius 1 is 1.42 bits per heavy atom. The molecule has 100 valence electrons. The molecular formula is C10H7Cl2N3O4. The van der Waals surface area contributed by atoms with E-state index in [1.165, 1.54) is 6.07 Å². The zero-order chi connectivity index (χ0) is 14.3. The van der Waals surface area contributed by atoms with Crippen LogP contribution in [-0.2, 0) is 6.54 Å². The molecule has 0 radical (unpaired) electrons. The van der Waals surface area contributed by atoms with Gasteiger partial charge in [0.15, 0.2) is 0 Å². The van der Waals surface area contributed by atoms with Crippen molar-refractivity contribution in [1.82, 2.24) is 9.55 Å². The number of nitro groups is 1. The van der Waals surface area contributed by atoms with Crippen LogP contribution in [0.3, 0.4) is 0 Å². The largest absolute Gasteiger partial charge is 0.316 e. The molecule has 7 nitrogen and oxygen atoms in total. The first-order chi connectivity index (χ1) is 8.88. The number of rotatable bonds is 2. The molecule has 0 amide bonds. The van der Waals surface area contributed by atoms with E-state index in [1.807, 2.05) is 0 Å². The number of aryl methyl sites for hydroxylation is 1. The standard InChI is InChI=1S/C10H7Cl2N3O4/c1-2-14-5-3-4(11)6(12)8(15(18)19)7(5)13-9(16)10(14)17/h3H,2H2,1H3,(H,13,16). The summed E-state index contributed by atoms with van der Waals surface area (Å²) in [5.41, 5.74) is -2.24. The van der Waals surface area contributed by atoms with Crippen molar-refractivity contribution in [1.29, 1.82) is 0 Å². The second kappa shape index (κ2) is 4.67. The lowest BCUT2D eigenvalue weighted by Crippen LogP contribution is -2.36. The fourth-order valence-corrected chi connectivity index (χ4v) is 2.23. The molecule has 0 atom stereocenters. The smallest absolute Gasteiger partial charge is 0.310 e. The number of nitrogens with zero attached hydrogens (tertiary/aromatic N) is 2. The Morgan fingerprint density at radius 2 is 2.05 bits per heavy atom. The molecule has 0 bridgehead atoms. The van der Waals surface area contributed by atoms with Gasteiger partial charge in [-0.25, -0.2) is 0 Å². The van der Waals surface area contributed by atoms with Crippen molar-refractivity contribution in [2.75, 3.05) is 0 Å². The number of nitro benzene ring substituents is 1. The first-order valence-corrected chi connectivity index (χ1v) is 5.93. The highest BCUT2D eigenvalue weighted by Crippen LogP contribution is 2.36. The van der Waals surface area contributed by atoms with Crippen LogP contribution < -0.4 is 11.1 Å². The minimum atomic E-state index is -0.948. The van der Waals surface area contributed by atoms with E-state index in [4.69, 9.17) is 23.2 Å². The number of H-pyrrole nitrogens is 1. The third-order valence-electron chi connectivity index (χ3n) is 2.64. The van der Waals surface area contributed by atoms with E-state index in [1.54, 1.807) is 6.92 Å². The summed E-state index contributed by atoms with van der Waals surface area (Å²) in [6, 6.07) is 1.31. The summed E-state index contributed by atoms with van der Waals surface area (Å²) in [4.78, 5) is 35.6. The van der Waals surface area contributed by atoms with Gasteiger partial charge in [0.05, 0.1) is 15.5 Å². The van der Waals surface area contributed by atoms with Crippen molar-refractivity contribution >= 4 is 39.9 Å². The SMILES string of the molecule is CCn1c(=O)c(=O)[nH]c2c([N+](=O)[O-])c(Cl)c(Cl)cc21. The minimum Gasteiger partial charge on any atom is -0.310 e. The Hall–Kier alpha value is -1.86. The predicted molar refractivity (Wildman–Crippen MR) is 71.2 cm³/mol. The monoisotopic (exact) mass is 303 g/mol.